The molecule has 0 aliphatic carbocycles. The van der Waals surface area contributed by atoms with Crippen molar-refractivity contribution in [3.05, 3.63) is 11.3 Å². The minimum Gasteiger partial charge on any atom is -0.428 e. The van der Waals surface area contributed by atoms with Crippen molar-refractivity contribution < 1.29 is 13.6 Å². The van der Waals surface area contributed by atoms with Gasteiger partial charge in [0.15, 0.2) is 0 Å². The molecular weight excluding hydrogens is 163 g/mol. The molecule has 1 aliphatic heterocycles. The third-order valence-electron chi connectivity index (χ3n) is 1.51. The van der Waals surface area contributed by atoms with E-state index >= 15 is 0 Å². The van der Waals surface area contributed by atoms with Crippen LogP contribution in [0, 0.1) is 12.3 Å². The van der Waals surface area contributed by atoms with E-state index in [9.17, 15) is 4.57 Å². The second-order valence-electron chi connectivity index (χ2n) is 2.22. The van der Waals surface area contributed by atoms with E-state index in [1.807, 2.05) is 0 Å². The Hall–Kier alpha value is -0.710. The highest BCUT2D eigenvalue weighted by molar-refractivity contribution is 7.54. The van der Waals surface area contributed by atoms with Gasteiger partial charge in [0.2, 0.25) is 0 Å². The van der Waals surface area contributed by atoms with Gasteiger partial charge in [0.05, 0.1) is 11.7 Å². The highest BCUT2D eigenvalue weighted by atomic mass is 31.2. The van der Waals surface area contributed by atoms with Crippen LogP contribution in [-0.4, -0.2) is 13.3 Å². The molecular formula is C7H9O3P. The Labute approximate surface area is 65.9 Å². The summed E-state index contributed by atoms with van der Waals surface area (Å²) in [6.45, 7) is 1.69. The molecule has 11 heavy (non-hydrogen) atoms. The highest BCUT2D eigenvalue weighted by Crippen LogP contribution is 2.55. The van der Waals surface area contributed by atoms with Crippen LogP contribution in [0.3, 0.4) is 0 Å². The van der Waals surface area contributed by atoms with Crippen LogP contribution >= 0.6 is 7.60 Å². The van der Waals surface area contributed by atoms with E-state index in [0.29, 0.717) is 11.3 Å². The molecule has 0 radical (unpaired) electrons. The quantitative estimate of drug-likeness (QED) is 0.446. The second-order valence-corrected chi connectivity index (χ2v) is 4.31. The lowest BCUT2D eigenvalue weighted by Gasteiger charge is -2.07. The second kappa shape index (κ2) is 2.73. The van der Waals surface area contributed by atoms with Gasteiger partial charge in [-0.15, -0.1) is 6.42 Å². The lowest BCUT2D eigenvalue weighted by molar-refractivity contribution is 0.295. The van der Waals surface area contributed by atoms with Crippen molar-refractivity contribution in [2.75, 3.05) is 13.3 Å². The summed E-state index contributed by atoms with van der Waals surface area (Å²) in [5.41, 5.74) is 0.634. The van der Waals surface area contributed by atoms with Gasteiger partial charge >= 0.3 is 7.60 Å². The van der Waals surface area contributed by atoms with Gasteiger partial charge < -0.3 is 9.05 Å². The normalized spacial score (nSPS) is 29.9. The van der Waals surface area contributed by atoms with E-state index in [1.165, 1.54) is 7.11 Å². The maximum atomic E-state index is 11.4. The molecule has 0 fully saturated rings. The molecule has 0 aromatic heterocycles. The lowest BCUT2D eigenvalue weighted by Crippen LogP contribution is -1.86. The van der Waals surface area contributed by atoms with Crippen molar-refractivity contribution in [1.29, 1.82) is 0 Å². The van der Waals surface area contributed by atoms with Crippen LogP contribution in [0.5, 0.6) is 0 Å². The van der Waals surface area contributed by atoms with Crippen molar-refractivity contribution in [3.8, 4) is 12.3 Å². The average molecular weight is 172 g/mol. The summed E-state index contributed by atoms with van der Waals surface area (Å²) in [6, 6.07) is 0. The van der Waals surface area contributed by atoms with Crippen molar-refractivity contribution in [2.45, 2.75) is 6.92 Å². The Morgan fingerprint density at radius 2 is 2.45 bits per heavy atom. The SMILES string of the molecule is C#CC1=C(C)OP(=O)(OC)C1. The summed E-state index contributed by atoms with van der Waals surface area (Å²) < 4.78 is 21.0. The number of rotatable bonds is 1. The number of allylic oxidation sites excluding steroid dienone is 2. The lowest BCUT2D eigenvalue weighted by atomic mass is 10.3. The number of hydrogen-bond acceptors (Lipinski definition) is 3. The fraction of sp³-hybridized carbons (Fsp3) is 0.429. The molecule has 0 spiro atoms. The van der Waals surface area contributed by atoms with Crippen molar-refractivity contribution >= 4 is 7.60 Å². The molecule has 0 aromatic rings. The van der Waals surface area contributed by atoms with Crippen LogP contribution in [0.1, 0.15) is 6.92 Å². The van der Waals surface area contributed by atoms with Gasteiger partial charge in [0, 0.05) is 7.11 Å². The van der Waals surface area contributed by atoms with Crippen LogP contribution in [-0.2, 0) is 13.6 Å². The number of hydrogen-bond donors (Lipinski definition) is 0. The maximum Gasteiger partial charge on any atom is 0.383 e. The molecule has 60 valence electrons. The molecule has 0 saturated heterocycles. The van der Waals surface area contributed by atoms with Gasteiger partial charge in [-0.1, -0.05) is 5.92 Å². The molecule has 1 unspecified atom stereocenters. The van der Waals surface area contributed by atoms with Crippen molar-refractivity contribution in [3.63, 3.8) is 0 Å². The smallest absolute Gasteiger partial charge is 0.383 e. The Morgan fingerprint density at radius 3 is 2.73 bits per heavy atom. The molecule has 1 atom stereocenters. The monoisotopic (exact) mass is 172 g/mol. The standard InChI is InChI=1S/C7H9O3P/c1-4-7-5-11(8,9-3)10-6(7)2/h1H,5H2,2-3H3. The average Bonchev–Trinajstić information content (AvgIpc) is 2.27. The molecule has 4 heteroatoms. The third kappa shape index (κ3) is 1.48. The topological polar surface area (TPSA) is 35.5 Å². The summed E-state index contributed by atoms with van der Waals surface area (Å²) in [7, 11) is -1.54. The van der Waals surface area contributed by atoms with Gasteiger partial charge in [-0.3, -0.25) is 0 Å². The molecule has 0 aromatic carbocycles. The zero-order chi connectivity index (χ0) is 8.48. The third-order valence-corrected chi connectivity index (χ3v) is 3.32. The first-order valence-corrected chi connectivity index (χ1v) is 4.85. The molecule has 0 amide bonds. The first kappa shape index (κ1) is 8.39. The van der Waals surface area contributed by atoms with Gasteiger partial charge in [-0.05, 0) is 6.92 Å². The summed E-state index contributed by atoms with van der Waals surface area (Å²) in [4.78, 5) is 0. The van der Waals surface area contributed by atoms with Gasteiger partial charge in [0.25, 0.3) is 0 Å². The summed E-state index contributed by atoms with van der Waals surface area (Å²) in [5.74, 6) is 2.95. The minimum absolute atomic E-state index is 0.228. The van der Waals surface area contributed by atoms with E-state index in [-0.39, 0.29) is 6.16 Å². The van der Waals surface area contributed by atoms with Crippen LogP contribution in [0.2, 0.25) is 0 Å². The predicted molar refractivity (Wildman–Crippen MR) is 42.1 cm³/mol. The molecule has 1 heterocycles. The Kier molecular flexibility index (Phi) is 2.08. The minimum atomic E-state index is -2.90. The largest absolute Gasteiger partial charge is 0.428 e. The fourth-order valence-electron chi connectivity index (χ4n) is 0.850. The molecule has 1 aliphatic rings. The predicted octanol–water partition coefficient (Wildman–Crippen LogP) is 1.76. The fourth-order valence-corrected chi connectivity index (χ4v) is 2.35. The molecule has 0 saturated carbocycles. The maximum absolute atomic E-state index is 11.4. The van der Waals surface area contributed by atoms with E-state index < -0.39 is 7.60 Å². The Balaban J connectivity index is 2.86. The Morgan fingerprint density at radius 1 is 1.82 bits per heavy atom. The van der Waals surface area contributed by atoms with Crippen LogP contribution in [0.4, 0.5) is 0 Å². The first-order valence-electron chi connectivity index (χ1n) is 3.12. The van der Waals surface area contributed by atoms with Crippen molar-refractivity contribution in [2.24, 2.45) is 0 Å². The number of terminal acetylenes is 1. The van der Waals surface area contributed by atoms with Crippen molar-refractivity contribution in [1.82, 2.24) is 0 Å². The van der Waals surface area contributed by atoms with Gasteiger partial charge in [0.1, 0.15) is 5.76 Å². The van der Waals surface area contributed by atoms with E-state index in [0.717, 1.165) is 0 Å². The molecule has 3 nitrogen and oxygen atoms in total. The summed E-state index contributed by atoms with van der Waals surface area (Å²) in [5, 5.41) is 0. The van der Waals surface area contributed by atoms with Crippen LogP contribution in [0.25, 0.3) is 0 Å². The van der Waals surface area contributed by atoms with Crippen LogP contribution in [0.15, 0.2) is 11.3 Å². The molecule has 0 N–H and O–H groups in total. The van der Waals surface area contributed by atoms with Gasteiger partial charge in [-0.25, -0.2) is 4.57 Å². The summed E-state index contributed by atoms with van der Waals surface area (Å²) >= 11 is 0. The van der Waals surface area contributed by atoms with E-state index in [4.69, 9.17) is 15.5 Å². The van der Waals surface area contributed by atoms with E-state index in [1.54, 1.807) is 6.92 Å². The summed E-state index contributed by atoms with van der Waals surface area (Å²) in [6.07, 6.45) is 5.36. The highest BCUT2D eigenvalue weighted by Gasteiger charge is 2.33. The van der Waals surface area contributed by atoms with Crippen LogP contribution < -0.4 is 0 Å². The zero-order valence-corrected chi connectivity index (χ0v) is 7.35. The first-order chi connectivity index (χ1) is 5.11. The Bertz CT molecular complexity index is 285. The van der Waals surface area contributed by atoms with E-state index in [2.05, 4.69) is 5.92 Å². The molecule has 1 rings (SSSR count). The van der Waals surface area contributed by atoms with Gasteiger partial charge in [-0.2, -0.15) is 0 Å². The molecule has 0 bridgehead atoms. The zero-order valence-electron chi connectivity index (χ0n) is 6.46.